The van der Waals surface area contributed by atoms with Crippen molar-refractivity contribution in [2.45, 2.75) is 37.6 Å². The van der Waals surface area contributed by atoms with Crippen molar-refractivity contribution in [2.24, 2.45) is 5.73 Å². The van der Waals surface area contributed by atoms with Gasteiger partial charge in [-0.2, -0.15) is 0 Å². The van der Waals surface area contributed by atoms with E-state index in [2.05, 4.69) is 0 Å². The molecular weight excluding hydrogens is 186 g/mol. The van der Waals surface area contributed by atoms with E-state index < -0.39 is 0 Å². The zero-order valence-electron chi connectivity index (χ0n) is 7.55. The molecule has 1 aromatic rings. The Hall–Kier alpha value is -0.470. The van der Waals surface area contributed by atoms with Crippen LogP contribution in [0.15, 0.2) is 16.5 Å². The third kappa shape index (κ3) is 2.06. The van der Waals surface area contributed by atoms with Crippen LogP contribution in [0.1, 0.15) is 31.4 Å². The van der Waals surface area contributed by atoms with E-state index >= 15 is 0 Å². The van der Waals surface area contributed by atoms with Crippen molar-refractivity contribution < 1.29 is 4.42 Å². The molecule has 1 saturated carbocycles. The molecule has 1 aliphatic carbocycles. The Morgan fingerprint density at radius 2 is 2.08 bits per heavy atom. The molecule has 0 atom stereocenters. The predicted molar refractivity (Wildman–Crippen MR) is 52.8 cm³/mol. The second kappa shape index (κ2) is 3.35. The first kappa shape index (κ1) is 9.10. The van der Waals surface area contributed by atoms with E-state index in [4.69, 9.17) is 21.8 Å². The predicted octanol–water partition coefficient (Wildman–Crippen LogP) is 2.75. The molecule has 1 fully saturated rings. The minimum atomic E-state index is -0.0405. The topological polar surface area (TPSA) is 39.2 Å². The Kier molecular flexibility index (Phi) is 2.35. The van der Waals surface area contributed by atoms with Crippen molar-refractivity contribution in [3.05, 3.63) is 23.1 Å². The SMILES string of the molecule is NC1(Cc2ccc(Cl)o2)CCCC1. The van der Waals surface area contributed by atoms with Crippen LogP contribution in [-0.2, 0) is 6.42 Å². The number of halogens is 1. The van der Waals surface area contributed by atoms with Crippen molar-refractivity contribution in [2.75, 3.05) is 0 Å². The monoisotopic (exact) mass is 199 g/mol. The van der Waals surface area contributed by atoms with Crippen molar-refractivity contribution in [3.63, 3.8) is 0 Å². The van der Waals surface area contributed by atoms with Gasteiger partial charge in [0, 0.05) is 12.0 Å². The molecule has 0 aromatic carbocycles. The smallest absolute Gasteiger partial charge is 0.193 e. The largest absolute Gasteiger partial charge is 0.450 e. The summed E-state index contributed by atoms with van der Waals surface area (Å²) in [5, 5.41) is 0.455. The second-order valence-corrected chi connectivity index (χ2v) is 4.32. The lowest BCUT2D eigenvalue weighted by Crippen LogP contribution is -2.38. The maximum atomic E-state index is 6.20. The van der Waals surface area contributed by atoms with Gasteiger partial charge in [0.15, 0.2) is 5.22 Å². The summed E-state index contributed by atoms with van der Waals surface area (Å²) in [6, 6.07) is 3.68. The van der Waals surface area contributed by atoms with Gasteiger partial charge in [-0.15, -0.1) is 0 Å². The first-order valence-corrected chi connectivity index (χ1v) is 5.09. The average molecular weight is 200 g/mol. The molecule has 72 valence electrons. The minimum Gasteiger partial charge on any atom is -0.450 e. The molecule has 1 heterocycles. The van der Waals surface area contributed by atoms with E-state index in [9.17, 15) is 0 Å². The highest BCUT2D eigenvalue weighted by Crippen LogP contribution is 2.31. The molecule has 2 N–H and O–H groups in total. The van der Waals surface area contributed by atoms with Gasteiger partial charge in [-0.1, -0.05) is 12.8 Å². The van der Waals surface area contributed by atoms with Crippen LogP contribution >= 0.6 is 11.6 Å². The fourth-order valence-electron chi connectivity index (χ4n) is 2.05. The van der Waals surface area contributed by atoms with Gasteiger partial charge in [0.2, 0.25) is 0 Å². The van der Waals surface area contributed by atoms with Crippen LogP contribution in [0.25, 0.3) is 0 Å². The normalized spacial score (nSPS) is 20.8. The summed E-state index contributed by atoms with van der Waals surface area (Å²) in [5.74, 6) is 0.911. The Morgan fingerprint density at radius 3 is 2.62 bits per heavy atom. The van der Waals surface area contributed by atoms with Crippen LogP contribution in [0.4, 0.5) is 0 Å². The molecule has 2 rings (SSSR count). The quantitative estimate of drug-likeness (QED) is 0.796. The molecular formula is C10H14ClNO. The highest BCUT2D eigenvalue weighted by Gasteiger charge is 2.30. The molecule has 0 unspecified atom stereocenters. The lowest BCUT2D eigenvalue weighted by Gasteiger charge is -2.21. The third-order valence-electron chi connectivity index (χ3n) is 2.75. The summed E-state index contributed by atoms with van der Waals surface area (Å²) in [4.78, 5) is 0. The first-order chi connectivity index (χ1) is 6.18. The fourth-order valence-corrected chi connectivity index (χ4v) is 2.21. The number of furan rings is 1. The lowest BCUT2D eigenvalue weighted by atomic mass is 9.93. The van der Waals surface area contributed by atoms with Gasteiger partial charge in [-0.05, 0) is 36.6 Å². The number of nitrogens with two attached hydrogens (primary N) is 1. The zero-order valence-corrected chi connectivity index (χ0v) is 8.31. The second-order valence-electron chi connectivity index (χ2n) is 3.95. The van der Waals surface area contributed by atoms with Crippen LogP contribution in [-0.4, -0.2) is 5.54 Å². The van der Waals surface area contributed by atoms with Gasteiger partial charge in [0.1, 0.15) is 5.76 Å². The summed E-state index contributed by atoms with van der Waals surface area (Å²) < 4.78 is 5.30. The van der Waals surface area contributed by atoms with E-state index in [1.54, 1.807) is 6.07 Å². The third-order valence-corrected chi connectivity index (χ3v) is 2.96. The molecule has 13 heavy (non-hydrogen) atoms. The van der Waals surface area contributed by atoms with Crippen molar-refractivity contribution >= 4 is 11.6 Å². The van der Waals surface area contributed by atoms with E-state index in [1.807, 2.05) is 6.07 Å². The summed E-state index contributed by atoms with van der Waals surface area (Å²) in [6.45, 7) is 0. The lowest BCUT2D eigenvalue weighted by molar-refractivity contribution is 0.386. The van der Waals surface area contributed by atoms with Crippen molar-refractivity contribution in [1.82, 2.24) is 0 Å². The van der Waals surface area contributed by atoms with Crippen LogP contribution < -0.4 is 5.73 Å². The molecule has 3 heteroatoms. The van der Waals surface area contributed by atoms with Gasteiger partial charge in [0.25, 0.3) is 0 Å². The van der Waals surface area contributed by atoms with Gasteiger partial charge in [-0.3, -0.25) is 0 Å². The summed E-state index contributed by atoms with van der Waals surface area (Å²) in [6.07, 6.45) is 5.51. The van der Waals surface area contributed by atoms with E-state index in [1.165, 1.54) is 12.8 Å². The standard InChI is InChI=1S/C10H14ClNO/c11-9-4-3-8(13-9)7-10(12)5-1-2-6-10/h3-4H,1-2,5-7,12H2. The van der Waals surface area contributed by atoms with Gasteiger partial charge in [0.05, 0.1) is 0 Å². The molecule has 0 amide bonds. The molecule has 1 aromatic heterocycles. The van der Waals surface area contributed by atoms with Crippen LogP contribution in [0, 0.1) is 0 Å². The summed E-state index contributed by atoms with van der Waals surface area (Å²) in [5.41, 5.74) is 6.16. The molecule has 0 aliphatic heterocycles. The van der Waals surface area contributed by atoms with E-state index in [0.717, 1.165) is 25.0 Å². The Bertz CT molecular complexity index is 289. The molecule has 2 nitrogen and oxygen atoms in total. The first-order valence-electron chi connectivity index (χ1n) is 4.71. The Labute approximate surface area is 83.1 Å². The minimum absolute atomic E-state index is 0.0405. The van der Waals surface area contributed by atoms with Gasteiger partial charge < -0.3 is 10.2 Å². The van der Waals surface area contributed by atoms with E-state index in [-0.39, 0.29) is 5.54 Å². The molecule has 0 radical (unpaired) electrons. The molecule has 0 spiro atoms. The zero-order chi connectivity index (χ0) is 9.31. The van der Waals surface area contributed by atoms with Crippen molar-refractivity contribution in [1.29, 1.82) is 0 Å². The highest BCUT2D eigenvalue weighted by atomic mass is 35.5. The summed E-state index contributed by atoms with van der Waals surface area (Å²) >= 11 is 5.68. The van der Waals surface area contributed by atoms with Crippen LogP contribution in [0.3, 0.4) is 0 Å². The Balaban J connectivity index is 2.04. The maximum Gasteiger partial charge on any atom is 0.193 e. The van der Waals surface area contributed by atoms with Gasteiger partial charge >= 0.3 is 0 Å². The number of hydrogen-bond acceptors (Lipinski definition) is 2. The molecule has 1 aliphatic rings. The number of rotatable bonds is 2. The van der Waals surface area contributed by atoms with Gasteiger partial charge in [-0.25, -0.2) is 0 Å². The fraction of sp³-hybridized carbons (Fsp3) is 0.600. The number of hydrogen-bond donors (Lipinski definition) is 1. The van der Waals surface area contributed by atoms with Crippen LogP contribution in [0.5, 0.6) is 0 Å². The summed E-state index contributed by atoms with van der Waals surface area (Å²) in [7, 11) is 0. The van der Waals surface area contributed by atoms with E-state index in [0.29, 0.717) is 5.22 Å². The highest BCUT2D eigenvalue weighted by molar-refractivity contribution is 6.28. The van der Waals surface area contributed by atoms with Crippen molar-refractivity contribution in [3.8, 4) is 0 Å². The molecule has 0 bridgehead atoms. The average Bonchev–Trinajstić information content (AvgIpc) is 2.62. The molecule has 0 saturated heterocycles. The Morgan fingerprint density at radius 1 is 1.38 bits per heavy atom. The maximum absolute atomic E-state index is 6.20. The van der Waals surface area contributed by atoms with Crippen LogP contribution in [0.2, 0.25) is 5.22 Å².